The van der Waals surface area contributed by atoms with E-state index in [9.17, 15) is 14.4 Å². The molecule has 0 saturated carbocycles. The summed E-state index contributed by atoms with van der Waals surface area (Å²) in [4.78, 5) is 37.9. The molecule has 6 heteroatoms. The van der Waals surface area contributed by atoms with Gasteiger partial charge in [-0.25, -0.2) is 0 Å². The summed E-state index contributed by atoms with van der Waals surface area (Å²) in [7, 11) is 0. The summed E-state index contributed by atoms with van der Waals surface area (Å²) in [5, 5.41) is 0. The van der Waals surface area contributed by atoms with Crippen molar-refractivity contribution in [1.29, 1.82) is 0 Å². The molecule has 0 rings (SSSR count). The molecule has 63 heavy (non-hydrogen) atoms. The predicted molar refractivity (Wildman–Crippen MR) is 269 cm³/mol. The number of carbonyl (C=O) groups is 3. The van der Waals surface area contributed by atoms with Crippen molar-refractivity contribution in [3.05, 3.63) is 122 Å². The van der Waals surface area contributed by atoms with Gasteiger partial charge in [-0.15, -0.1) is 0 Å². The molecule has 1 unspecified atom stereocenters. The lowest BCUT2D eigenvalue weighted by atomic mass is 10.1. The zero-order chi connectivity index (χ0) is 45.8. The van der Waals surface area contributed by atoms with Crippen LogP contribution in [-0.4, -0.2) is 37.2 Å². The van der Waals surface area contributed by atoms with Crippen molar-refractivity contribution in [1.82, 2.24) is 0 Å². The Hall–Kier alpha value is -4.19. The maximum absolute atomic E-state index is 12.8. The predicted octanol–water partition coefficient (Wildman–Crippen LogP) is 16.5. The summed E-state index contributed by atoms with van der Waals surface area (Å²) in [5.74, 6) is -1.07. The van der Waals surface area contributed by atoms with Crippen molar-refractivity contribution in [3.63, 3.8) is 0 Å². The SMILES string of the molecule is CC\C=C/C=C\C=C/C=C\CCCCCC(=O)OCC(COC(=O)CC/C=C\C/C=C\C/C=C\C/C=C\C/C=C\CC)OC(=O)CCCCCCC/C=C\CCCCCCCCC. The Labute approximate surface area is 386 Å². The molecular formula is C57H90O6. The van der Waals surface area contributed by atoms with Gasteiger partial charge in [0.15, 0.2) is 6.10 Å². The molecule has 0 heterocycles. The fraction of sp³-hybridized carbons (Fsp3) is 0.596. The van der Waals surface area contributed by atoms with Crippen molar-refractivity contribution in [2.45, 2.75) is 207 Å². The number of hydrogen-bond acceptors (Lipinski definition) is 6. The highest BCUT2D eigenvalue weighted by Gasteiger charge is 2.19. The third kappa shape index (κ3) is 48.7. The highest BCUT2D eigenvalue weighted by atomic mass is 16.6. The first-order valence-corrected chi connectivity index (χ1v) is 25.1. The van der Waals surface area contributed by atoms with Crippen molar-refractivity contribution in [2.75, 3.05) is 13.2 Å². The van der Waals surface area contributed by atoms with Crippen LogP contribution in [0.15, 0.2) is 122 Å². The van der Waals surface area contributed by atoms with Crippen molar-refractivity contribution >= 4 is 17.9 Å². The Kier molecular flexibility index (Phi) is 47.1. The summed E-state index contributed by atoms with van der Waals surface area (Å²) in [6.07, 6.45) is 69.1. The lowest BCUT2D eigenvalue weighted by Crippen LogP contribution is -2.30. The maximum Gasteiger partial charge on any atom is 0.306 e. The molecule has 0 spiro atoms. The van der Waals surface area contributed by atoms with E-state index in [4.69, 9.17) is 14.2 Å². The van der Waals surface area contributed by atoms with E-state index >= 15 is 0 Å². The summed E-state index contributed by atoms with van der Waals surface area (Å²) in [5.41, 5.74) is 0. The molecule has 0 aliphatic carbocycles. The highest BCUT2D eigenvalue weighted by molar-refractivity contribution is 5.71. The van der Waals surface area contributed by atoms with Crippen LogP contribution in [0, 0.1) is 0 Å². The molecule has 0 bridgehead atoms. The number of ether oxygens (including phenoxy) is 3. The Morgan fingerprint density at radius 3 is 1.27 bits per heavy atom. The molecule has 0 amide bonds. The molecule has 0 aromatic rings. The van der Waals surface area contributed by atoms with E-state index in [-0.39, 0.29) is 44.0 Å². The minimum absolute atomic E-state index is 0.128. The lowest BCUT2D eigenvalue weighted by Gasteiger charge is -2.18. The van der Waals surface area contributed by atoms with Gasteiger partial charge in [-0.2, -0.15) is 0 Å². The van der Waals surface area contributed by atoms with Gasteiger partial charge >= 0.3 is 17.9 Å². The van der Waals surface area contributed by atoms with E-state index in [1.165, 1.54) is 57.8 Å². The normalized spacial score (nSPS) is 13.1. The molecule has 0 saturated heterocycles. The summed E-state index contributed by atoms with van der Waals surface area (Å²) >= 11 is 0. The average molecular weight is 871 g/mol. The first-order chi connectivity index (χ1) is 31.0. The molecule has 0 radical (unpaired) electrons. The standard InChI is InChI=1S/C57H90O6/c1-4-7-10-13-16-19-22-25-27-29-32-35-38-41-44-47-50-56(59)62-53-54(52-61-55(58)49-46-43-40-37-34-31-24-21-18-15-12-9-6-3)63-57(60)51-48-45-42-39-36-33-30-28-26-23-20-17-14-11-8-5-2/h7,9-10,12,15-16,18-19,21,24-25,27-28,30-32,34-35,41,44,54H,4-6,8,11,13-14,17,20,22-23,26,29,33,36-40,42-43,45-53H2,1-3H3/b10-7-,12-9-,18-15-,19-16-,24-21-,27-25-,30-28-,34-31-,35-32-,44-41-. The van der Waals surface area contributed by atoms with Crippen LogP contribution in [0.4, 0.5) is 0 Å². The summed E-state index contributed by atoms with van der Waals surface area (Å²) in [6, 6.07) is 0. The molecule has 0 N–H and O–H groups in total. The van der Waals surface area contributed by atoms with Gasteiger partial charge in [-0.3, -0.25) is 14.4 Å². The topological polar surface area (TPSA) is 78.9 Å². The van der Waals surface area contributed by atoms with Crippen molar-refractivity contribution in [3.8, 4) is 0 Å². The third-order valence-corrected chi connectivity index (χ3v) is 10.0. The van der Waals surface area contributed by atoms with E-state index < -0.39 is 6.10 Å². The largest absolute Gasteiger partial charge is 0.462 e. The first kappa shape index (κ1) is 58.8. The quantitative estimate of drug-likeness (QED) is 0.0200. The number of allylic oxidation sites excluding steroid dienone is 20. The Bertz CT molecular complexity index is 1370. The van der Waals surface area contributed by atoms with Crippen LogP contribution in [0.25, 0.3) is 0 Å². The lowest BCUT2D eigenvalue weighted by molar-refractivity contribution is -0.166. The summed E-state index contributed by atoms with van der Waals surface area (Å²) in [6.45, 7) is 6.25. The Balaban J connectivity index is 4.58. The van der Waals surface area contributed by atoms with Crippen LogP contribution in [0.3, 0.4) is 0 Å². The molecule has 0 aliphatic rings. The van der Waals surface area contributed by atoms with Crippen LogP contribution in [-0.2, 0) is 28.6 Å². The van der Waals surface area contributed by atoms with Crippen LogP contribution < -0.4 is 0 Å². The first-order valence-electron chi connectivity index (χ1n) is 25.1. The molecule has 0 fully saturated rings. The zero-order valence-electron chi connectivity index (χ0n) is 40.3. The van der Waals surface area contributed by atoms with Gasteiger partial charge in [0, 0.05) is 19.3 Å². The Morgan fingerprint density at radius 1 is 0.349 bits per heavy atom. The Morgan fingerprint density at radius 2 is 0.730 bits per heavy atom. The van der Waals surface area contributed by atoms with Gasteiger partial charge in [0.1, 0.15) is 13.2 Å². The molecule has 6 nitrogen and oxygen atoms in total. The average Bonchev–Trinajstić information content (AvgIpc) is 3.28. The second kappa shape index (κ2) is 50.5. The maximum atomic E-state index is 12.8. The van der Waals surface area contributed by atoms with Gasteiger partial charge < -0.3 is 14.2 Å². The fourth-order valence-corrected chi connectivity index (χ4v) is 6.32. The second-order valence-corrected chi connectivity index (χ2v) is 16.0. The third-order valence-electron chi connectivity index (χ3n) is 10.0. The van der Waals surface area contributed by atoms with E-state index in [1.807, 2.05) is 48.6 Å². The molecule has 354 valence electrons. The minimum Gasteiger partial charge on any atom is -0.462 e. The van der Waals surface area contributed by atoms with Gasteiger partial charge in [-0.05, 0) is 96.3 Å². The van der Waals surface area contributed by atoms with Gasteiger partial charge in [-0.1, -0.05) is 206 Å². The van der Waals surface area contributed by atoms with Crippen molar-refractivity contribution < 1.29 is 28.6 Å². The smallest absolute Gasteiger partial charge is 0.306 e. The number of rotatable bonds is 43. The number of carbonyl (C=O) groups excluding carboxylic acids is 3. The van der Waals surface area contributed by atoms with E-state index in [2.05, 4.69) is 93.7 Å². The van der Waals surface area contributed by atoms with Crippen LogP contribution in [0.5, 0.6) is 0 Å². The number of hydrogen-bond donors (Lipinski definition) is 0. The van der Waals surface area contributed by atoms with Crippen LogP contribution in [0.2, 0.25) is 0 Å². The van der Waals surface area contributed by atoms with Gasteiger partial charge in [0.25, 0.3) is 0 Å². The fourth-order valence-electron chi connectivity index (χ4n) is 6.32. The van der Waals surface area contributed by atoms with Gasteiger partial charge in [0.2, 0.25) is 0 Å². The molecule has 0 aliphatic heterocycles. The minimum atomic E-state index is -0.831. The molecular weight excluding hydrogens is 781 g/mol. The molecule has 1 atom stereocenters. The van der Waals surface area contributed by atoms with E-state index in [0.717, 1.165) is 96.3 Å². The summed E-state index contributed by atoms with van der Waals surface area (Å²) < 4.78 is 16.7. The van der Waals surface area contributed by atoms with Crippen molar-refractivity contribution in [2.24, 2.45) is 0 Å². The molecule has 0 aromatic carbocycles. The second-order valence-electron chi connectivity index (χ2n) is 16.0. The number of unbranched alkanes of at least 4 members (excludes halogenated alkanes) is 15. The number of esters is 3. The highest BCUT2D eigenvalue weighted by Crippen LogP contribution is 2.12. The van der Waals surface area contributed by atoms with Gasteiger partial charge in [0.05, 0.1) is 0 Å². The zero-order valence-corrected chi connectivity index (χ0v) is 40.3. The monoisotopic (exact) mass is 871 g/mol. The van der Waals surface area contributed by atoms with E-state index in [0.29, 0.717) is 12.8 Å². The van der Waals surface area contributed by atoms with Crippen LogP contribution in [0.1, 0.15) is 201 Å². The van der Waals surface area contributed by atoms with E-state index in [1.54, 1.807) is 0 Å². The molecule has 0 aromatic heterocycles. The van der Waals surface area contributed by atoms with Crippen LogP contribution >= 0.6 is 0 Å².